The van der Waals surface area contributed by atoms with Crippen LogP contribution < -0.4 is 15.4 Å². The third-order valence-electron chi connectivity index (χ3n) is 2.30. The SMILES string of the molecule is CNCC(=O)NCCc1cc(F)ccc1OC. The highest BCUT2D eigenvalue weighted by molar-refractivity contribution is 5.77. The summed E-state index contributed by atoms with van der Waals surface area (Å²) in [6, 6.07) is 4.35. The van der Waals surface area contributed by atoms with Gasteiger partial charge in [-0.1, -0.05) is 0 Å². The summed E-state index contributed by atoms with van der Waals surface area (Å²) >= 11 is 0. The predicted octanol–water partition coefficient (Wildman–Crippen LogP) is 0.712. The first-order chi connectivity index (χ1) is 8.17. The average Bonchev–Trinajstić information content (AvgIpc) is 2.30. The van der Waals surface area contributed by atoms with Crippen molar-refractivity contribution in [3.05, 3.63) is 29.6 Å². The number of carbonyl (C=O) groups is 1. The number of likely N-dealkylation sites (N-methyl/N-ethyl adjacent to an activating group) is 1. The van der Waals surface area contributed by atoms with E-state index in [1.54, 1.807) is 13.1 Å². The summed E-state index contributed by atoms with van der Waals surface area (Å²) in [5, 5.41) is 5.47. The fourth-order valence-electron chi connectivity index (χ4n) is 1.50. The minimum Gasteiger partial charge on any atom is -0.496 e. The molecule has 0 radical (unpaired) electrons. The number of halogens is 1. The molecular formula is C12H17FN2O2. The molecule has 0 fully saturated rings. The lowest BCUT2D eigenvalue weighted by Gasteiger charge is -2.09. The Morgan fingerprint density at radius 2 is 2.24 bits per heavy atom. The Morgan fingerprint density at radius 1 is 1.47 bits per heavy atom. The van der Waals surface area contributed by atoms with E-state index in [9.17, 15) is 9.18 Å². The maximum atomic E-state index is 13.0. The minimum atomic E-state index is -0.303. The second kappa shape index (κ2) is 6.85. The van der Waals surface area contributed by atoms with Gasteiger partial charge in [-0.15, -0.1) is 0 Å². The molecule has 0 saturated carbocycles. The monoisotopic (exact) mass is 240 g/mol. The van der Waals surface area contributed by atoms with Crippen molar-refractivity contribution in [1.82, 2.24) is 10.6 Å². The smallest absolute Gasteiger partial charge is 0.233 e. The van der Waals surface area contributed by atoms with E-state index in [2.05, 4.69) is 10.6 Å². The Labute approximate surface area is 100 Å². The molecule has 4 nitrogen and oxygen atoms in total. The van der Waals surface area contributed by atoms with Crippen molar-refractivity contribution in [2.24, 2.45) is 0 Å². The molecule has 0 aromatic heterocycles. The highest BCUT2D eigenvalue weighted by Gasteiger charge is 2.05. The van der Waals surface area contributed by atoms with Crippen LogP contribution >= 0.6 is 0 Å². The third kappa shape index (κ3) is 4.40. The molecule has 94 valence electrons. The van der Waals surface area contributed by atoms with Crippen LogP contribution in [0, 0.1) is 5.82 Å². The minimum absolute atomic E-state index is 0.0807. The molecule has 0 unspecified atom stereocenters. The first-order valence-corrected chi connectivity index (χ1v) is 5.41. The molecule has 0 aliphatic rings. The number of methoxy groups -OCH3 is 1. The molecule has 0 saturated heterocycles. The summed E-state index contributed by atoms with van der Waals surface area (Å²) in [6.45, 7) is 0.737. The second-order valence-corrected chi connectivity index (χ2v) is 3.59. The quantitative estimate of drug-likeness (QED) is 0.770. The lowest BCUT2D eigenvalue weighted by atomic mass is 10.1. The summed E-state index contributed by atoms with van der Waals surface area (Å²) in [7, 11) is 3.24. The highest BCUT2D eigenvalue weighted by atomic mass is 19.1. The average molecular weight is 240 g/mol. The number of nitrogens with one attached hydrogen (secondary N) is 2. The van der Waals surface area contributed by atoms with Crippen molar-refractivity contribution in [3.63, 3.8) is 0 Å². The second-order valence-electron chi connectivity index (χ2n) is 3.59. The number of hydrogen-bond donors (Lipinski definition) is 2. The number of carbonyl (C=O) groups excluding carboxylic acids is 1. The summed E-state index contributed by atoms with van der Waals surface area (Å²) in [4.78, 5) is 11.2. The van der Waals surface area contributed by atoms with Crippen LogP contribution in [0.1, 0.15) is 5.56 Å². The molecule has 0 heterocycles. The Hall–Kier alpha value is -1.62. The predicted molar refractivity (Wildman–Crippen MR) is 63.6 cm³/mol. The first kappa shape index (κ1) is 13.4. The number of rotatable bonds is 6. The summed E-state index contributed by atoms with van der Waals surface area (Å²) in [5.41, 5.74) is 0.747. The Balaban J connectivity index is 2.50. The van der Waals surface area contributed by atoms with E-state index >= 15 is 0 Å². The molecule has 2 N–H and O–H groups in total. The molecule has 5 heteroatoms. The fraction of sp³-hybridized carbons (Fsp3) is 0.417. The molecule has 1 aromatic rings. The van der Waals surface area contributed by atoms with E-state index in [0.717, 1.165) is 5.56 Å². The fourth-order valence-corrected chi connectivity index (χ4v) is 1.50. The van der Waals surface area contributed by atoms with Gasteiger partial charge in [-0.2, -0.15) is 0 Å². The number of amides is 1. The van der Waals surface area contributed by atoms with Gasteiger partial charge in [0.1, 0.15) is 11.6 Å². The summed E-state index contributed by atoms with van der Waals surface area (Å²) < 4.78 is 18.2. The van der Waals surface area contributed by atoms with Gasteiger partial charge in [0, 0.05) is 6.54 Å². The van der Waals surface area contributed by atoms with E-state index in [1.165, 1.54) is 19.2 Å². The zero-order valence-corrected chi connectivity index (χ0v) is 10.0. The van der Waals surface area contributed by atoms with Gasteiger partial charge in [-0.3, -0.25) is 4.79 Å². The first-order valence-electron chi connectivity index (χ1n) is 5.41. The largest absolute Gasteiger partial charge is 0.496 e. The van der Waals surface area contributed by atoms with Gasteiger partial charge in [0.15, 0.2) is 0 Å². The van der Waals surface area contributed by atoms with Crippen molar-refractivity contribution in [2.75, 3.05) is 27.2 Å². The normalized spacial score (nSPS) is 10.1. The van der Waals surface area contributed by atoms with Crippen LogP contribution in [0.3, 0.4) is 0 Å². The van der Waals surface area contributed by atoms with Crippen LogP contribution in [0.2, 0.25) is 0 Å². The standard InChI is InChI=1S/C12H17FN2O2/c1-14-8-12(16)15-6-5-9-7-10(13)3-4-11(9)17-2/h3-4,7,14H,5-6,8H2,1-2H3,(H,15,16). The lowest BCUT2D eigenvalue weighted by molar-refractivity contribution is -0.120. The van der Waals surface area contributed by atoms with Gasteiger partial charge in [0.05, 0.1) is 13.7 Å². The Bertz CT molecular complexity index is 383. The molecule has 1 aromatic carbocycles. The van der Waals surface area contributed by atoms with Crippen LogP contribution in [0.5, 0.6) is 5.75 Å². The van der Waals surface area contributed by atoms with E-state index in [0.29, 0.717) is 18.7 Å². The molecule has 0 aliphatic heterocycles. The number of ether oxygens (including phenoxy) is 1. The van der Waals surface area contributed by atoms with Crippen molar-refractivity contribution < 1.29 is 13.9 Å². The van der Waals surface area contributed by atoms with E-state index < -0.39 is 0 Å². The molecular weight excluding hydrogens is 223 g/mol. The van der Waals surface area contributed by atoms with Gasteiger partial charge in [-0.05, 0) is 37.2 Å². The maximum Gasteiger partial charge on any atom is 0.233 e. The van der Waals surface area contributed by atoms with Gasteiger partial charge in [0.2, 0.25) is 5.91 Å². The van der Waals surface area contributed by atoms with Gasteiger partial charge < -0.3 is 15.4 Å². The summed E-state index contributed by atoms with van der Waals surface area (Å²) in [6.07, 6.45) is 0.538. The summed E-state index contributed by atoms with van der Waals surface area (Å²) in [5.74, 6) is 0.250. The lowest BCUT2D eigenvalue weighted by Crippen LogP contribution is -2.33. The molecule has 0 spiro atoms. The molecule has 0 atom stereocenters. The van der Waals surface area contributed by atoms with Crippen molar-refractivity contribution in [2.45, 2.75) is 6.42 Å². The maximum absolute atomic E-state index is 13.0. The van der Waals surface area contributed by atoms with Crippen LogP contribution in [0.4, 0.5) is 4.39 Å². The topological polar surface area (TPSA) is 50.4 Å². The van der Waals surface area contributed by atoms with E-state index in [-0.39, 0.29) is 18.3 Å². The Morgan fingerprint density at radius 3 is 2.88 bits per heavy atom. The van der Waals surface area contributed by atoms with Crippen LogP contribution in [-0.4, -0.2) is 33.2 Å². The van der Waals surface area contributed by atoms with E-state index in [4.69, 9.17) is 4.74 Å². The third-order valence-corrected chi connectivity index (χ3v) is 2.30. The molecule has 0 aliphatic carbocycles. The molecule has 0 bridgehead atoms. The van der Waals surface area contributed by atoms with Crippen molar-refractivity contribution in [3.8, 4) is 5.75 Å². The van der Waals surface area contributed by atoms with Crippen molar-refractivity contribution in [1.29, 1.82) is 0 Å². The highest BCUT2D eigenvalue weighted by Crippen LogP contribution is 2.19. The van der Waals surface area contributed by atoms with Crippen molar-refractivity contribution >= 4 is 5.91 Å². The zero-order valence-electron chi connectivity index (χ0n) is 10.0. The van der Waals surface area contributed by atoms with Crippen LogP contribution in [0.25, 0.3) is 0 Å². The zero-order chi connectivity index (χ0) is 12.7. The van der Waals surface area contributed by atoms with Crippen LogP contribution in [0.15, 0.2) is 18.2 Å². The van der Waals surface area contributed by atoms with E-state index in [1.807, 2.05) is 0 Å². The number of hydrogen-bond acceptors (Lipinski definition) is 3. The molecule has 17 heavy (non-hydrogen) atoms. The molecule has 1 amide bonds. The number of benzene rings is 1. The van der Waals surface area contributed by atoms with Crippen LogP contribution in [-0.2, 0) is 11.2 Å². The van der Waals surface area contributed by atoms with Gasteiger partial charge >= 0.3 is 0 Å². The molecule has 1 rings (SSSR count). The van der Waals surface area contributed by atoms with Gasteiger partial charge in [0.25, 0.3) is 0 Å². The Kier molecular flexibility index (Phi) is 5.42. The van der Waals surface area contributed by atoms with Gasteiger partial charge in [-0.25, -0.2) is 4.39 Å².